The fourth-order valence-corrected chi connectivity index (χ4v) is 3.93. The maximum atomic E-state index is 12.6. The van der Waals surface area contributed by atoms with E-state index >= 15 is 0 Å². The van der Waals surface area contributed by atoms with Gasteiger partial charge in [0.2, 0.25) is 0 Å². The van der Waals surface area contributed by atoms with Crippen LogP contribution in [0.4, 0.5) is 9.93 Å². The van der Waals surface area contributed by atoms with Crippen LogP contribution in [0.2, 0.25) is 0 Å². The number of amides is 2. The van der Waals surface area contributed by atoms with Crippen LogP contribution in [0.3, 0.4) is 0 Å². The molecule has 1 aliphatic carbocycles. The van der Waals surface area contributed by atoms with Gasteiger partial charge >= 0.3 is 6.09 Å². The van der Waals surface area contributed by atoms with Gasteiger partial charge in [0.15, 0.2) is 5.13 Å². The second-order valence-corrected chi connectivity index (χ2v) is 8.72. The van der Waals surface area contributed by atoms with Crippen molar-refractivity contribution in [1.82, 2.24) is 10.3 Å². The third-order valence-corrected chi connectivity index (χ3v) is 5.40. The minimum Gasteiger partial charge on any atom is -0.444 e. The number of anilines is 1. The second kappa shape index (κ2) is 8.17. The molecule has 0 bridgehead atoms. The van der Waals surface area contributed by atoms with Crippen molar-refractivity contribution >= 4 is 28.5 Å². The minimum atomic E-state index is -0.577. The Morgan fingerprint density at radius 3 is 2.48 bits per heavy atom. The Balaban J connectivity index is 1.96. The molecular weight excluding hydrogens is 338 g/mol. The summed E-state index contributed by atoms with van der Waals surface area (Å²) < 4.78 is 5.21. The number of aryl methyl sites for hydroxylation is 1. The lowest BCUT2D eigenvalue weighted by Crippen LogP contribution is -2.38. The van der Waals surface area contributed by atoms with Crippen molar-refractivity contribution in [2.45, 2.75) is 78.4 Å². The number of nitrogens with zero attached hydrogens (tertiary/aromatic N) is 1. The smallest absolute Gasteiger partial charge is 0.413 e. The summed E-state index contributed by atoms with van der Waals surface area (Å²) in [4.78, 5) is 29.2. The largest absolute Gasteiger partial charge is 0.444 e. The zero-order valence-electron chi connectivity index (χ0n) is 15.8. The van der Waals surface area contributed by atoms with Crippen molar-refractivity contribution in [3.63, 3.8) is 0 Å². The van der Waals surface area contributed by atoms with Crippen molar-refractivity contribution in [3.05, 3.63) is 10.6 Å². The molecule has 2 amide bonds. The summed E-state index contributed by atoms with van der Waals surface area (Å²) >= 11 is 1.18. The number of hydrogen-bond acceptors (Lipinski definition) is 5. The Morgan fingerprint density at radius 1 is 1.24 bits per heavy atom. The van der Waals surface area contributed by atoms with E-state index in [1.165, 1.54) is 43.4 Å². The van der Waals surface area contributed by atoms with Crippen molar-refractivity contribution in [2.75, 3.05) is 5.32 Å². The first-order valence-corrected chi connectivity index (χ1v) is 9.75. The first-order valence-electron chi connectivity index (χ1n) is 8.94. The van der Waals surface area contributed by atoms with Crippen LogP contribution in [0.1, 0.15) is 75.2 Å². The average molecular weight is 368 g/mol. The lowest BCUT2D eigenvalue weighted by Gasteiger charge is -2.28. The Morgan fingerprint density at radius 2 is 1.88 bits per heavy atom. The molecule has 2 N–H and O–H groups in total. The first-order chi connectivity index (χ1) is 11.7. The van der Waals surface area contributed by atoms with Gasteiger partial charge < -0.3 is 10.1 Å². The van der Waals surface area contributed by atoms with Crippen LogP contribution in [-0.2, 0) is 4.74 Å². The van der Waals surface area contributed by atoms with Crippen LogP contribution in [0.25, 0.3) is 0 Å². The van der Waals surface area contributed by atoms with Gasteiger partial charge in [-0.25, -0.2) is 9.78 Å². The van der Waals surface area contributed by atoms with E-state index in [1.54, 1.807) is 27.7 Å². The number of hydrogen-bond donors (Lipinski definition) is 2. The summed E-state index contributed by atoms with van der Waals surface area (Å²) in [5.41, 5.74) is 0.0378. The van der Waals surface area contributed by atoms with Gasteiger partial charge in [0, 0.05) is 6.04 Å². The van der Waals surface area contributed by atoms with Gasteiger partial charge in [0.05, 0.1) is 5.69 Å². The number of ether oxygens (including phenoxy) is 1. The standard InChI is InChI=1S/C18H29N3O3S/c1-11(13-9-7-6-8-10-13)19-15(22)14-12(2)20-16(25-14)21-17(23)24-18(3,4)5/h11,13H,6-10H2,1-5H3,(H,19,22)(H,20,21,23)/t11-/m0/s1. The van der Waals surface area contributed by atoms with Gasteiger partial charge in [0.1, 0.15) is 10.5 Å². The van der Waals surface area contributed by atoms with Crippen molar-refractivity contribution in [2.24, 2.45) is 5.92 Å². The zero-order valence-corrected chi connectivity index (χ0v) is 16.6. The number of carbonyl (C=O) groups excluding carboxylic acids is 2. The molecule has 0 radical (unpaired) electrons. The summed E-state index contributed by atoms with van der Waals surface area (Å²) in [6.07, 6.45) is 5.57. The molecule has 1 atom stereocenters. The molecule has 1 aliphatic rings. The number of rotatable bonds is 4. The van der Waals surface area contributed by atoms with E-state index in [4.69, 9.17) is 4.74 Å². The van der Waals surface area contributed by atoms with E-state index in [-0.39, 0.29) is 11.9 Å². The lowest BCUT2D eigenvalue weighted by molar-refractivity contribution is 0.0635. The zero-order chi connectivity index (χ0) is 18.6. The molecule has 0 saturated heterocycles. The molecule has 0 aromatic carbocycles. The number of carbonyl (C=O) groups is 2. The monoisotopic (exact) mass is 367 g/mol. The van der Waals surface area contributed by atoms with E-state index in [9.17, 15) is 9.59 Å². The Kier molecular flexibility index (Phi) is 6.43. The molecule has 1 saturated carbocycles. The summed E-state index contributed by atoms with van der Waals surface area (Å²) in [6.45, 7) is 9.24. The van der Waals surface area contributed by atoms with Crippen molar-refractivity contribution < 1.29 is 14.3 Å². The molecule has 0 aliphatic heterocycles. The van der Waals surface area contributed by atoms with Crippen LogP contribution in [0.15, 0.2) is 0 Å². The molecule has 1 fully saturated rings. The number of nitrogens with one attached hydrogen (secondary N) is 2. The Labute approximate surface area is 153 Å². The van der Waals surface area contributed by atoms with E-state index in [0.717, 1.165) is 0 Å². The molecule has 0 unspecified atom stereocenters. The van der Waals surface area contributed by atoms with Gasteiger partial charge in [-0.15, -0.1) is 0 Å². The average Bonchev–Trinajstić information content (AvgIpc) is 2.86. The van der Waals surface area contributed by atoms with Gasteiger partial charge in [-0.05, 0) is 53.4 Å². The van der Waals surface area contributed by atoms with Crippen LogP contribution in [0, 0.1) is 12.8 Å². The normalized spacial score (nSPS) is 17.0. The highest BCUT2D eigenvalue weighted by atomic mass is 32.1. The predicted octanol–water partition coefficient (Wildman–Crippen LogP) is 4.50. The van der Waals surface area contributed by atoms with Crippen molar-refractivity contribution in [1.29, 1.82) is 0 Å². The maximum Gasteiger partial charge on any atom is 0.413 e. The highest BCUT2D eigenvalue weighted by Gasteiger charge is 2.24. The Hall–Kier alpha value is -1.63. The summed E-state index contributed by atoms with van der Waals surface area (Å²) in [6, 6.07) is 0.150. The molecule has 2 rings (SSSR count). The number of thiazole rings is 1. The summed E-state index contributed by atoms with van der Waals surface area (Å²) in [7, 11) is 0. The fourth-order valence-electron chi connectivity index (χ4n) is 3.08. The van der Waals surface area contributed by atoms with Gasteiger partial charge in [-0.2, -0.15) is 0 Å². The van der Waals surface area contributed by atoms with E-state index in [2.05, 4.69) is 22.5 Å². The minimum absolute atomic E-state index is 0.120. The quantitative estimate of drug-likeness (QED) is 0.821. The topological polar surface area (TPSA) is 80.3 Å². The molecule has 7 heteroatoms. The first kappa shape index (κ1) is 19.7. The summed E-state index contributed by atoms with van der Waals surface area (Å²) in [5.74, 6) is 0.426. The highest BCUT2D eigenvalue weighted by Crippen LogP contribution is 2.27. The van der Waals surface area contributed by atoms with Gasteiger partial charge in [-0.1, -0.05) is 30.6 Å². The highest BCUT2D eigenvalue weighted by molar-refractivity contribution is 7.17. The van der Waals surface area contributed by atoms with E-state index < -0.39 is 11.7 Å². The molecule has 1 aromatic heterocycles. The van der Waals surface area contributed by atoms with Crippen LogP contribution >= 0.6 is 11.3 Å². The predicted molar refractivity (Wildman–Crippen MR) is 100 cm³/mol. The van der Waals surface area contributed by atoms with Crippen molar-refractivity contribution in [3.8, 4) is 0 Å². The van der Waals surface area contributed by atoms with Crippen LogP contribution < -0.4 is 10.6 Å². The van der Waals surface area contributed by atoms with Crippen LogP contribution in [-0.4, -0.2) is 28.6 Å². The third-order valence-electron chi connectivity index (χ3n) is 4.33. The van der Waals surface area contributed by atoms with E-state index in [1.807, 2.05) is 0 Å². The molecule has 1 aromatic rings. The third kappa shape index (κ3) is 5.99. The molecule has 140 valence electrons. The fraction of sp³-hybridized carbons (Fsp3) is 0.722. The molecule has 0 spiro atoms. The molecule has 25 heavy (non-hydrogen) atoms. The van der Waals surface area contributed by atoms with Gasteiger partial charge in [0.25, 0.3) is 5.91 Å². The lowest BCUT2D eigenvalue weighted by atomic mass is 9.84. The summed E-state index contributed by atoms with van der Waals surface area (Å²) in [5, 5.41) is 6.07. The van der Waals surface area contributed by atoms with E-state index in [0.29, 0.717) is 21.6 Å². The second-order valence-electron chi connectivity index (χ2n) is 7.72. The molecule has 6 nitrogen and oxygen atoms in total. The molecular formula is C18H29N3O3S. The van der Waals surface area contributed by atoms with Gasteiger partial charge in [-0.3, -0.25) is 10.1 Å². The molecule has 1 heterocycles. The SMILES string of the molecule is Cc1nc(NC(=O)OC(C)(C)C)sc1C(=O)N[C@@H](C)C1CCCCC1. The maximum absolute atomic E-state index is 12.6. The Bertz CT molecular complexity index is 616. The van der Waals surface area contributed by atoms with Crippen LogP contribution in [0.5, 0.6) is 0 Å². The number of aromatic nitrogens is 1.